The van der Waals surface area contributed by atoms with Crippen molar-refractivity contribution in [2.24, 2.45) is 0 Å². The fourth-order valence-corrected chi connectivity index (χ4v) is 2.90. The molecule has 104 valence electrons. The second kappa shape index (κ2) is 4.97. The van der Waals surface area contributed by atoms with E-state index in [0.29, 0.717) is 13.0 Å². The Labute approximate surface area is 114 Å². The molecule has 3 nitrogen and oxygen atoms in total. The summed E-state index contributed by atoms with van der Waals surface area (Å²) in [5.74, 6) is -0.334. The molecule has 1 aromatic rings. The minimum absolute atomic E-state index is 0.0356. The molecular formula is C16H22O3. The molecule has 1 aromatic carbocycles. The zero-order chi connectivity index (χ0) is 14.1. The maximum atomic E-state index is 11.7. The molecule has 0 saturated carbocycles. The van der Waals surface area contributed by atoms with Gasteiger partial charge in [0.15, 0.2) is 0 Å². The van der Waals surface area contributed by atoms with Gasteiger partial charge in [0.25, 0.3) is 0 Å². The van der Waals surface area contributed by atoms with Crippen LogP contribution in [0, 0.1) is 0 Å². The average molecular weight is 262 g/mol. The number of benzene rings is 1. The van der Waals surface area contributed by atoms with Gasteiger partial charge in [-0.25, -0.2) is 0 Å². The Morgan fingerprint density at radius 3 is 2.53 bits per heavy atom. The summed E-state index contributed by atoms with van der Waals surface area (Å²) in [5.41, 5.74) is 0.961. The zero-order valence-corrected chi connectivity index (χ0v) is 11.9. The lowest BCUT2D eigenvalue weighted by Crippen LogP contribution is -2.39. The minimum atomic E-state index is -1.08. The quantitative estimate of drug-likeness (QED) is 0.852. The molecule has 1 aliphatic carbocycles. The normalized spacial score (nSPS) is 24.6. The van der Waals surface area contributed by atoms with Crippen LogP contribution in [-0.2, 0) is 20.5 Å². The van der Waals surface area contributed by atoms with Crippen molar-refractivity contribution >= 4 is 5.97 Å². The van der Waals surface area contributed by atoms with Crippen LogP contribution in [0.25, 0.3) is 0 Å². The van der Waals surface area contributed by atoms with Crippen LogP contribution in [0.3, 0.4) is 0 Å². The van der Waals surface area contributed by atoms with Crippen LogP contribution in [0.5, 0.6) is 0 Å². The van der Waals surface area contributed by atoms with E-state index in [1.807, 2.05) is 24.3 Å². The lowest BCUT2D eigenvalue weighted by Gasteiger charge is -2.41. The number of esters is 1. The molecule has 0 aromatic heterocycles. The highest BCUT2D eigenvalue weighted by Crippen LogP contribution is 2.46. The monoisotopic (exact) mass is 262 g/mol. The van der Waals surface area contributed by atoms with E-state index in [4.69, 9.17) is 4.74 Å². The SMILES string of the molecule is CCOC(=O)CC1(O)CCC(C)(C)c2ccccc21. The lowest BCUT2D eigenvalue weighted by molar-refractivity contribution is -0.150. The minimum Gasteiger partial charge on any atom is -0.466 e. The van der Waals surface area contributed by atoms with Crippen LogP contribution in [0.2, 0.25) is 0 Å². The summed E-state index contributed by atoms with van der Waals surface area (Å²) in [6.45, 7) is 6.48. The molecule has 0 spiro atoms. The van der Waals surface area contributed by atoms with Crippen LogP contribution >= 0.6 is 0 Å². The molecule has 1 N–H and O–H groups in total. The highest BCUT2D eigenvalue weighted by atomic mass is 16.5. The van der Waals surface area contributed by atoms with Gasteiger partial charge in [0.05, 0.1) is 13.0 Å². The summed E-state index contributed by atoms with van der Waals surface area (Å²) in [7, 11) is 0. The number of hydrogen-bond donors (Lipinski definition) is 1. The Morgan fingerprint density at radius 2 is 1.89 bits per heavy atom. The molecule has 1 aliphatic rings. The topological polar surface area (TPSA) is 46.5 Å². The van der Waals surface area contributed by atoms with E-state index in [1.165, 1.54) is 0 Å². The Kier molecular flexibility index (Phi) is 3.68. The van der Waals surface area contributed by atoms with Crippen LogP contribution in [0.1, 0.15) is 51.2 Å². The van der Waals surface area contributed by atoms with Gasteiger partial charge in [0.2, 0.25) is 0 Å². The van der Waals surface area contributed by atoms with Crippen molar-refractivity contribution in [2.75, 3.05) is 6.61 Å². The largest absolute Gasteiger partial charge is 0.466 e. The van der Waals surface area contributed by atoms with E-state index in [2.05, 4.69) is 13.8 Å². The van der Waals surface area contributed by atoms with Crippen LogP contribution < -0.4 is 0 Å². The number of fused-ring (bicyclic) bond motifs is 1. The molecule has 0 bridgehead atoms. The second-order valence-electron chi connectivity index (χ2n) is 5.94. The molecule has 0 aliphatic heterocycles. The predicted molar refractivity (Wildman–Crippen MR) is 73.8 cm³/mol. The molecule has 0 fully saturated rings. The first-order valence-corrected chi connectivity index (χ1v) is 6.87. The number of aliphatic hydroxyl groups is 1. The summed E-state index contributed by atoms with van der Waals surface area (Å²) in [5, 5.41) is 10.9. The fraction of sp³-hybridized carbons (Fsp3) is 0.562. The van der Waals surface area contributed by atoms with E-state index in [1.54, 1.807) is 6.92 Å². The summed E-state index contributed by atoms with van der Waals surface area (Å²) >= 11 is 0. The fourth-order valence-electron chi connectivity index (χ4n) is 2.90. The third-order valence-corrected chi connectivity index (χ3v) is 4.06. The maximum absolute atomic E-state index is 11.7. The highest BCUT2D eigenvalue weighted by molar-refractivity contribution is 5.71. The van der Waals surface area contributed by atoms with E-state index >= 15 is 0 Å². The third-order valence-electron chi connectivity index (χ3n) is 4.06. The summed E-state index contributed by atoms with van der Waals surface area (Å²) in [6.07, 6.45) is 1.49. The smallest absolute Gasteiger partial charge is 0.309 e. The van der Waals surface area contributed by atoms with Crippen LogP contribution in [0.4, 0.5) is 0 Å². The number of rotatable bonds is 3. The Balaban J connectivity index is 2.36. The molecule has 0 heterocycles. The van der Waals surface area contributed by atoms with Crippen molar-refractivity contribution in [3.63, 3.8) is 0 Å². The van der Waals surface area contributed by atoms with E-state index in [-0.39, 0.29) is 17.8 Å². The number of hydrogen-bond acceptors (Lipinski definition) is 3. The molecular weight excluding hydrogens is 240 g/mol. The molecule has 0 saturated heterocycles. The van der Waals surface area contributed by atoms with Gasteiger partial charge in [-0.3, -0.25) is 4.79 Å². The van der Waals surface area contributed by atoms with Gasteiger partial charge < -0.3 is 9.84 Å². The second-order valence-corrected chi connectivity index (χ2v) is 5.94. The molecule has 2 rings (SSSR count). The van der Waals surface area contributed by atoms with Crippen molar-refractivity contribution in [1.82, 2.24) is 0 Å². The molecule has 1 unspecified atom stereocenters. The van der Waals surface area contributed by atoms with Crippen molar-refractivity contribution in [2.45, 2.75) is 51.0 Å². The van der Waals surface area contributed by atoms with Crippen LogP contribution in [0.15, 0.2) is 24.3 Å². The standard InChI is InChI=1S/C16H22O3/c1-4-19-14(17)11-16(18)10-9-15(2,3)12-7-5-6-8-13(12)16/h5-8,18H,4,9-11H2,1-3H3. The lowest BCUT2D eigenvalue weighted by atomic mass is 9.66. The Hall–Kier alpha value is -1.35. The molecule has 1 atom stereocenters. The molecule has 0 amide bonds. The Morgan fingerprint density at radius 1 is 1.26 bits per heavy atom. The number of ether oxygens (including phenoxy) is 1. The number of carbonyl (C=O) groups excluding carboxylic acids is 1. The molecule has 0 radical (unpaired) electrons. The van der Waals surface area contributed by atoms with E-state index in [0.717, 1.165) is 17.5 Å². The van der Waals surface area contributed by atoms with Gasteiger partial charge >= 0.3 is 5.97 Å². The summed E-state index contributed by atoms with van der Waals surface area (Å²) in [4.78, 5) is 11.7. The summed E-state index contributed by atoms with van der Waals surface area (Å²) in [6, 6.07) is 7.87. The van der Waals surface area contributed by atoms with Crippen molar-refractivity contribution in [1.29, 1.82) is 0 Å². The first-order valence-electron chi connectivity index (χ1n) is 6.87. The molecule has 3 heteroatoms. The van der Waals surface area contributed by atoms with Gasteiger partial charge in [-0.1, -0.05) is 38.1 Å². The van der Waals surface area contributed by atoms with Gasteiger partial charge in [-0.2, -0.15) is 0 Å². The Bertz CT molecular complexity index is 479. The van der Waals surface area contributed by atoms with Crippen molar-refractivity contribution in [3.8, 4) is 0 Å². The number of carbonyl (C=O) groups is 1. The van der Waals surface area contributed by atoms with Gasteiger partial charge in [0.1, 0.15) is 5.60 Å². The highest BCUT2D eigenvalue weighted by Gasteiger charge is 2.42. The molecule has 19 heavy (non-hydrogen) atoms. The van der Waals surface area contributed by atoms with E-state index < -0.39 is 5.60 Å². The first kappa shape index (κ1) is 14.1. The predicted octanol–water partition coefficient (Wildman–Crippen LogP) is 2.90. The average Bonchev–Trinajstić information content (AvgIpc) is 2.36. The first-order chi connectivity index (χ1) is 8.89. The zero-order valence-electron chi connectivity index (χ0n) is 11.9. The van der Waals surface area contributed by atoms with E-state index in [9.17, 15) is 9.90 Å². The van der Waals surface area contributed by atoms with Gasteiger partial charge in [-0.05, 0) is 36.3 Å². The van der Waals surface area contributed by atoms with Gasteiger partial charge in [0, 0.05) is 0 Å². The third kappa shape index (κ3) is 2.66. The van der Waals surface area contributed by atoms with Crippen LogP contribution in [-0.4, -0.2) is 17.7 Å². The van der Waals surface area contributed by atoms with Gasteiger partial charge in [-0.15, -0.1) is 0 Å². The summed E-state index contributed by atoms with van der Waals surface area (Å²) < 4.78 is 4.98. The maximum Gasteiger partial charge on any atom is 0.309 e. The van der Waals surface area contributed by atoms with Crippen molar-refractivity contribution < 1.29 is 14.6 Å². The van der Waals surface area contributed by atoms with Crippen molar-refractivity contribution in [3.05, 3.63) is 35.4 Å².